The summed E-state index contributed by atoms with van der Waals surface area (Å²) < 4.78 is 38.2. The molecule has 0 amide bonds. The summed E-state index contributed by atoms with van der Waals surface area (Å²) in [6, 6.07) is 5.29. The summed E-state index contributed by atoms with van der Waals surface area (Å²) in [5.74, 6) is -2.99. The Morgan fingerprint density at radius 3 is 2.36 bits per heavy atom. The maximum Gasteiger partial charge on any atom is 0.262 e. The zero-order valence-electron chi connectivity index (χ0n) is 7.43. The van der Waals surface area contributed by atoms with Crippen molar-refractivity contribution in [2.75, 3.05) is 6.54 Å². The van der Waals surface area contributed by atoms with Crippen LogP contribution in [0.25, 0.3) is 0 Å². The third-order valence-corrected chi connectivity index (χ3v) is 2.38. The second-order valence-electron chi connectivity index (χ2n) is 3.55. The van der Waals surface area contributed by atoms with E-state index in [0.717, 1.165) is 0 Å². The minimum absolute atomic E-state index is 0.210. The second kappa shape index (κ2) is 3.28. The van der Waals surface area contributed by atoms with Crippen molar-refractivity contribution in [3.05, 3.63) is 35.6 Å². The molecule has 1 atom stereocenters. The molecule has 0 aromatic heterocycles. The van der Waals surface area contributed by atoms with Gasteiger partial charge in [-0.15, -0.1) is 0 Å². The molecular formula is C10H10F3N. The summed E-state index contributed by atoms with van der Waals surface area (Å²) in [6.07, 6.45) is -0.210. The predicted octanol–water partition coefficient (Wildman–Crippen LogP) is 2.50. The molecule has 0 aliphatic carbocycles. The molecule has 0 radical (unpaired) electrons. The predicted molar refractivity (Wildman–Crippen MR) is 46.7 cm³/mol. The van der Waals surface area contributed by atoms with Gasteiger partial charge in [0.15, 0.2) is 0 Å². The van der Waals surface area contributed by atoms with Crippen LogP contribution in [0.15, 0.2) is 24.3 Å². The Hall–Kier alpha value is -1.03. The molecular weight excluding hydrogens is 191 g/mol. The average Bonchev–Trinajstić information content (AvgIpc) is 2.47. The molecule has 1 aliphatic heterocycles. The molecule has 1 nitrogen and oxygen atoms in total. The van der Waals surface area contributed by atoms with Crippen LogP contribution < -0.4 is 5.32 Å². The van der Waals surface area contributed by atoms with Gasteiger partial charge in [0.1, 0.15) is 5.82 Å². The standard InChI is InChI=1S/C10H10F3N/c11-8-3-1-7(2-4-8)9-5-10(12,13)6-14-9/h1-4,9,14H,5-6H2/t9-/m1/s1. The lowest BCUT2D eigenvalue weighted by Gasteiger charge is -2.10. The highest BCUT2D eigenvalue weighted by Gasteiger charge is 2.39. The Morgan fingerprint density at radius 2 is 1.86 bits per heavy atom. The summed E-state index contributed by atoms with van der Waals surface area (Å²) in [6.45, 7) is -0.297. The molecule has 0 saturated carbocycles. The van der Waals surface area contributed by atoms with E-state index in [1.54, 1.807) is 0 Å². The molecule has 14 heavy (non-hydrogen) atoms. The first-order valence-corrected chi connectivity index (χ1v) is 4.43. The van der Waals surface area contributed by atoms with Crippen LogP contribution in [0.3, 0.4) is 0 Å². The van der Waals surface area contributed by atoms with Gasteiger partial charge in [-0.05, 0) is 17.7 Å². The van der Waals surface area contributed by atoms with Crippen molar-refractivity contribution >= 4 is 0 Å². The lowest BCUT2D eigenvalue weighted by atomic mass is 10.0. The first-order valence-electron chi connectivity index (χ1n) is 4.43. The van der Waals surface area contributed by atoms with E-state index in [9.17, 15) is 13.2 Å². The van der Waals surface area contributed by atoms with E-state index in [4.69, 9.17) is 0 Å². The van der Waals surface area contributed by atoms with Crippen LogP contribution in [0.4, 0.5) is 13.2 Å². The number of benzene rings is 1. The zero-order valence-corrected chi connectivity index (χ0v) is 7.43. The van der Waals surface area contributed by atoms with Crippen LogP contribution in [0.5, 0.6) is 0 Å². The van der Waals surface area contributed by atoms with Gasteiger partial charge in [0.2, 0.25) is 0 Å². The van der Waals surface area contributed by atoms with Crippen LogP contribution in [0, 0.1) is 5.82 Å². The van der Waals surface area contributed by atoms with Crippen LogP contribution in [-0.2, 0) is 0 Å². The summed E-state index contributed by atoms with van der Waals surface area (Å²) in [5.41, 5.74) is 0.712. The molecule has 4 heteroatoms. The largest absolute Gasteiger partial charge is 0.304 e. The lowest BCUT2D eigenvalue weighted by molar-refractivity contribution is 0.0210. The van der Waals surface area contributed by atoms with Crippen molar-refractivity contribution in [1.82, 2.24) is 5.32 Å². The fourth-order valence-corrected chi connectivity index (χ4v) is 1.65. The normalized spacial score (nSPS) is 25.2. The van der Waals surface area contributed by atoms with E-state index in [0.29, 0.717) is 5.56 Å². The summed E-state index contributed by atoms with van der Waals surface area (Å²) in [5, 5.41) is 2.71. The maximum atomic E-state index is 12.8. The van der Waals surface area contributed by atoms with Gasteiger partial charge in [0.05, 0.1) is 6.54 Å². The molecule has 1 saturated heterocycles. The van der Waals surface area contributed by atoms with Gasteiger partial charge in [-0.3, -0.25) is 0 Å². The summed E-state index contributed by atoms with van der Waals surface area (Å²) >= 11 is 0. The third kappa shape index (κ3) is 1.90. The number of nitrogens with one attached hydrogen (secondary N) is 1. The van der Waals surface area contributed by atoms with Gasteiger partial charge in [0, 0.05) is 12.5 Å². The smallest absolute Gasteiger partial charge is 0.262 e. The Balaban J connectivity index is 2.14. The van der Waals surface area contributed by atoms with Crippen molar-refractivity contribution in [3.8, 4) is 0 Å². The van der Waals surface area contributed by atoms with Gasteiger partial charge in [-0.1, -0.05) is 12.1 Å². The van der Waals surface area contributed by atoms with Crippen molar-refractivity contribution in [2.24, 2.45) is 0 Å². The number of alkyl halides is 2. The van der Waals surface area contributed by atoms with Crippen LogP contribution in [0.1, 0.15) is 18.0 Å². The highest BCUT2D eigenvalue weighted by atomic mass is 19.3. The molecule has 1 aromatic rings. The van der Waals surface area contributed by atoms with Gasteiger partial charge in [-0.2, -0.15) is 0 Å². The van der Waals surface area contributed by atoms with Crippen LogP contribution in [0.2, 0.25) is 0 Å². The monoisotopic (exact) mass is 201 g/mol. The molecule has 1 aliphatic rings. The number of halogens is 3. The zero-order chi connectivity index (χ0) is 10.2. The second-order valence-corrected chi connectivity index (χ2v) is 3.55. The fraction of sp³-hybridized carbons (Fsp3) is 0.400. The topological polar surface area (TPSA) is 12.0 Å². The van der Waals surface area contributed by atoms with E-state index in [1.165, 1.54) is 24.3 Å². The van der Waals surface area contributed by atoms with Crippen molar-refractivity contribution < 1.29 is 13.2 Å². The number of hydrogen-bond acceptors (Lipinski definition) is 1. The minimum Gasteiger partial charge on any atom is -0.304 e. The quantitative estimate of drug-likeness (QED) is 0.736. The summed E-state index contributed by atoms with van der Waals surface area (Å²) in [7, 11) is 0. The first kappa shape index (κ1) is 9.52. The Morgan fingerprint density at radius 1 is 1.21 bits per heavy atom. The molecule has 1 aromatic carbocycles. The molecule has 1 N–H and O–H groups in total. The van der Waals surface area contributed by atoms with Crippen molar-refractivity contribution in [1.29, 1.82) is 0 Å². The van der Waals surface area contributed by atoms with Crippen LogP contribution in [-0.4, -0.2) is 12.5 Å². The van der Waals surface area contributed by atoms with Gasteiger partial charge >= 0.3 is 0 Å². The van der Waals surface area contributed by atoms with E-state index in [2.05, 4.69) is 5.32 Å². The molecule has 0 unspecified atom stereocenters. The molecule has 0 spiro atoms. The van der Waals surface area contributed by atoms with Crippen molar-refractivity contribution in [2.45, 2.75) is 18.4 Å². The van der Waals surface area contributed by atoms with E-state index in [-0.39, 0.29) is 24.8 Å². The lowest BCUT2D eigenvalue weighted by Crippen LogP contribution is -2.19. The highest BCUT2D eigenvalue weighted by molar-refractivity contribution is 5.21. The number of hydrogen-bond donors (Lipinski definition) is 1. The molecule has 1 fully saturated rings. The number of rotatable bonds is 1. The van der Waals surface area contributed by atoms with Gasteiger partial charge in [0.25, 0.3) is 5.92 Å². The van der Waals surface area contributed by atoms with Gasteiger partial charge in [-0.25, -0.2) is 13.2 Å². The molecule has 2 rings (SSSR count). The minimum atomic E-state index is -2.64. The molecule has 76 valence electrons. The Kier molecular flexibility index (Phi) is 2.23. The van der Waals surface area contributed by atoms with E-state index in [1.807, 2.05) is 0 Å². The summed E-state index contributed by atoms with van der Waals surface area (Å²) in [4.78, 5) is 0. The van der Waals surface area contributed by atoms with E-state index < -0.39 is 5.92 Å². The fourth-order valence-electron chi connectivity index (χ4n) is 1.65. The molecule has 1 heterocycles. The van der Waals surface area contributed by atoms with Crippen molar-refractivity contribution in [3.63, 3.8) is 0 Å². The van der Waals surface area contributed by atoms with Gasteiger partial charge < -0.3 is 5.32 Å². The first-order chi connectivity index (χ1) is 6.57. The third-order valence-electron chi connectivity index (χ3n) is 2.38. The van der Waals surface area contributed by atoms with Crippen LogP contribution >= 0.6 is 0 Å². The highest BCUT2D eigenvalue weighted by Crippen LogP contribution is 2.33. The van der Waals surface area contributed by atoms with E-state index >= 15 is 0 Å². The Labute approximate surface area is 79.9 Å². The maximum absolute atomic E-state index is 12.8. The SMILES string of the molecule is Fc1ccc([C@H]2CC(F)(F)CN2)cc1. The average molecular weight is 201 g/mol. The molecule has 0 bridgehead atoms. The Bertz CT molecular complexity index is 321.